The summed E-state index contributed by atoms with van der Waals surface area (Å²) in [6.07, 6.45) is 4.58. The second kappa shape index (κ2) is 7.60. The zero-order valence-corrected chi connectivity index (χ0v) is 11.8. The number of hydrogen-bond donors (Lipinski definition) is 1. The van der Waals surface area contributed by atoms with Crippen molar-refractivity contribution in [3.63, 3.8) is 0 Å². The predicted octanol–water partition coefficient (Wildman–Crippen LogP) is 3.16. The van der Waals surface area contributed by atoms with E-state index in [4.69, 9.17) is 0 Å². The minimum atomic E-state index is -0.524. The van der Waals surface area contributed by atoms with Crippen molar-refractivity contribution >= 4 is 23.9 Å². The molecule has 0 unspecified atom stereocenters. The standard InChI is InChI=1S/C16H12FN3O3/c17-14-5-1-4-13(11-14)16(21)19-18-10-2-3-12-6-8-15(9-7-12)20(22)23/h1-11H,(H,19,21). The highest BCUT2D eigenvalue weighted by molar-refractivity contribution is 5.94. The van der Waals surface area contributed by atoms with Gasteiger partial charge in [0.05, 0.1) is 4.92 Å². The first-order chi connectivity index (χ1) is 11.1. The average molecular weight is 313 g/mol. The van der Waals surface area contributed by atoms with Crippen LogP contribution in [0.1, 0.15) is 15.9 Å². The average Bonchev–Trinajstić information content (AvgIpc) is 2.54. The van der Waals surface area contributed by atoms with Crippen LogP contribution in [0.4, 0.5) is 10.1 Å². The molecule has 0 atom stereocenters. The van der Waals surface area contributed by atoms with Gasteiger partial charge in [-0.1, -0.05) is 12.1 Å². The first kappa shape index (κ1) is 16.0. The normalized spacial score (nSPS) is 11.0. The number of non-ortho nitro benzene ring substituents is 1. The summed E-state index contributed by atoms with van der Waals surface area (Å²) in [6, 6.07) is 11.2. The van der Waals surface area contributed by atoms with Crippen molar-refractivity contribution in [3.8, 4) is 0 Å². The zero-order valence-electron chi connectivity index (χ0n) is 11.8. The number of hydrazone groups is 1. The second-order valence-electron chi connectivity index (χ2n) is 4.44. The molecule has 2 aromatic carbocycles. The summed E-state index contributed by atoms with van der Waals surface area (Å²) in [7, 11) is 0. The van der Waals surface area contributed by atoms with E-state index in [0.29, 0.717) is 0 Å². The maximum absolute atomic E-state index is 13.0. The summed E-state index contributed by atoms with van der Waals surface area (Å²) >= 11 is 0. The van der Waals surface area contributed by atoms with Crippen molar-refractivity contribution < 1.29 is 14.1 Å². The molecule has 0 fully saturated rings. The number of nitro groups is 1. The fourth-order valence-electron chi connectivity index (χ4n) is 1.69. The van der Waals surface area contributed by atoms with Crippen LogP contribution in [-0.4, -0.2) is 17.0 Å². The quantitative estimate of drug-likeness (QED) is 0.522. The summed E-state index contributed by atoms with van der Waals surface area (Å²) in [5.41, 5.74) is 3.19. The van der Waals surface area contributed by atoms with Crippen molar-refractivity contribution in [1.29, 1.82) is 0 Å². The third-order valence-electron chi connectivity index (χ3n) is 2.81. The van der Waals surface area contributed by atoms with Crippen LogP contribution in [0.15, 0.2) is 59.7 Å². The Kier molecular flexibility index (Phi) is 5.30. The maximum atomic E-state index is 13.0. The van der Waals surface area contributed by atoms with Crippen LogP contribution in [0, 0.1) is 15.9 Å². The van der Waals surface area contributed by atoms with Gasteiger partial charge >= 0.3 is 0 Å². The molecule has 1 N–H and O–H groups in total. The summed E-state index contributed by atoms with van der Waals surface area (Å²) in [5.74, 6) is -1.02. The van der Waals surface area contributed by atoms with Crippen LogP contribution in [0.3, 0.4) is 0 Å². The van der Waals surface area contributed by atoms with Gasteiger partial charge in [-0.05, 0) is 42.0 Å². The molecule has 23 heavy (non-hydrogen) atoms. The van der Waals surface area contributed by atoms with Crippen LogP contribution in [0.5, 0.6) is 0 Å². The number of nitro benzene ring substituents is 1. The molecule has 2 rings (SSSR count). The van der Waals surface area contributed by atoms with Crippen LogP contribution in [-0.2, 0) is 0 Å². The van der Waals surface area contributed by atoms with E-state index in [2.05, 4.69) is 10.5 Å². The molecule has 0 aromatic heterocycles. The summed E-state index contributed by atoms with van der Waals surface area (Å²) in [6.45, 7) is 0. The van der Waals surface area contributed by atoms with Gasteiger partial charge in [-0.2, -0.15) is 5.10 Å². The molecule has 0 spiro atoms. The van der Waals surface area contributed by atoms with Gasteiger partial charge in [-0.25, -0.2) is 9.82 Å². The number of nitrogens with one attached hydrogen (secondary N) is 1. The Bertz CT molecular complexity index is 770. The Balaban J connectivity index is 1.88. The molecule has 0 aliphatic carbocycles. The van der Waals surface area contributed by atoms with Crippen molar-refractivity contribution in [2.45, 2.75) is 0 Å². The number of benzene rings is 2. The SMILES string of the molecule is O=C(NN=CC=Cc1ccc([N+](=O)[O-])cc1)c1cccc(F)c1. The monoisotopic (exact) mass is 313 g/mol. The van der Waals surface area contributed by atoms with E-state index >= 15 is 0 Å². The Morgan fingerprint density at radius 2 is 1.96 bits per heavy atom. The summed E-state index contributed by atoms with van der Waals surface area (Å²) < 4.78 is 13.0. The van der Waals surface area contributed by atoms with Crippen LogP contribution in [0.2, 0.25) is 0 Å². The lowest BCUT2D eigenvalue weighted by atomic mass is 10.2. The van der Waals surface area contributed by atoms with Gasteiger partial charge in [-0.15, -0.1) is 0 Å². The van der Waals surface area contributed by atoms with Gasteiger partial charge in [-0.3, -0.25) is 14.9 Å². The fourth-order valence-corrected chi connectivity index (χ4v) is 1.69. The molecule has 2 aromatic rings. The van der Waals surface area contributed by atoms with E-state index in [1.165, 1.54) is 36.5 Å². The number of amides is 1. The molecule has 6 nitrogen and oxygen atoms in total. The first-order valence-electron chi connectivity index (χ1n) is 6.56. The Labute approximate surface area is 131 Å². The molecule has 0 heterocycles. The van der Waals surface area contributed by atoms with Crippen molar-refractivity contribution in [2.24, 2.45) is 5.10 Å². The molecule has 0 saturated heterocycles. The van der Waals surface area contributed by atoms with Crippen LogP contribution < -0.4 is 5.43 Å². The van der Waals surface area contributed by atoms with Crippen molar-refractivity contribution in [1.82, 2.24) is 5.43 Å². The van der Waals surface area contributed by atoms with Gasteiger partial charge < -0.3 is 0 Å². The van der Waals surface area contributed by atoms with Crippen LogP contribution >= 0.6 is 0 Å². The smallest absolute Gasteiger partial charge is 0.267 e. The first-order valence-corrected chi connectivity index (χ1v) is 6.56. The fraction of sp³-hybridized carbons (Fsp3) is 0. The molecular weight excluding hydrogens is 301 g/mol. The van der Waals surface area contributed by atoms with E-state index in [9.17, 15) is 19.3 Å². The number of carbonyl (C=O) groups excluding carboxylic acids is 1. The van der Waals surface area contributed by atoms with Gasteiger partial charge in [0.2, 0.25) is 0 Å². The third-order valence-corrected chi connectivity index (χ3v) is 2.81. The second-order valence-corrected chi connectivity index (χ2v) is 4.44. The molecule has 0 aliphatic heterocycles. The van der Waals surface area contributed by atoms with Crippen molar-refractivity contribution in [3.05, 3.63) is 81.7 Å². The number of rotatable bonds is 5. The number of allylic oxidation sites excluding steroid dienone is 1. The number of hydrogen-bond acceptors (Lipinski definition) is 4. The topological polar surface area (TPSA) is 84.6 Å². The lowest BCUT2D eigenvalue weighted by Gasteiger charge is -1.98. The number of halogens is 1. The minimum absolute atomic E-state index is 0.0122. The molecule has 0 radical (unpaired) electrons. The van der Waals surface area contributed by atoms with Crippen LogP contribution in [0.25, 0.3) is 6.08 Å². The molecule has 0 aliphatic rings. The minimum Gasteiger partial charge on any atom is -0.267 e. The van der Waals surface area contributed by atoms with Crippen molar-refractivity contribution in [2.75, 3.05) is 0 Å². The molecule has 7 heteroatoms. The summed E-state index contributed by atoms with van der Waals surface area (Å²) in [5, 5.41) is 14.2. The molecule has 116 valence electrons. The lowest BCUT2D eigenvalue weighted by molar-refractivity contribution is -0.384. The largest absolute Gasteiger partial charge is 0.271 e. The van der Waals surface area contributed by atoms with E-state index < -0.39 is 16.6 Å². The highest BCUT2D eigenvalue weighted by Gasteiger charge is 2.04. The van der Waals surface area contributed by atoms with E-state index in [1.54, 1.807) is 24.3 Å². The number of nitrogens with zero attached hydrogens (tertiary/aromatic N) is 2. The molecule has 0 saturated carbocycles. The Morgan fingerprint density at radius 3 is 2.61 bits per heavy atom. The lowest BCUT2D eigenvalue weighted by Crippen LogP contribution is -2.17. The Morgan fingerprint density at radius 1 is 1.22 bits per heavy atom. The highest BCUT2D eigenvalue weighted by Crippen LogP contribution is 2.12. The predicted molar refractivity (Wildman–Crippen MR) is 84.5 cm³/mol. The van der Waals surface area contributed by atoms with E-state index in [1.807, 2.05) is 0 Å². The van der Waals surface area contributed by atoms with Gasteiger partial charge in [0.25, 0.3) is 11.6 Å². The highest BCUT2D eigenvalue weighted by atomic mass is 19.1. The summed E-state index contributed by atoms with van der Waals surface area (Å²) in [4.78, 5) is 21.7. The van der Waals surface area contributed by atoms with E-state index in [-0.39, 0.29) is 11.3 Å². The number of carbonyl (C=O) groups is 1. The third kappa shape index (κ3) is 4.85. The van der Waals surface area contributed by atoms with Gasteiger partial charge in [0.15, 0.2) is 0 Å². The van der Waals surface area contributed by atoms with E-state index in [0.717, 1.165) is 11.6 Å². The Hall–Kier alpha value is -3.35. The zero-order chi connectivity index (χ0) is 16.7. The van der Waals surface area contributed by atoms with Gasteiger partial charge in [0.1, 0.15) is 5.82 Å². The molecule has 0 bridgehead atoms. The molecule has 1 amide bonds. The van der Waals surface area contributed by atoms with Gasteiger partial charge in [0, 0.05) is 23.9 Å². The maximum Gasteiger partial charge on any atom is 0.271 e. The molecular formula is C16H12FN3O3.